The first-order chi connectivity index (χ1) is 16.7. The number of nitrogens with zero attached hydrogens (tertiary/aromatic N) is 2. The number of aromatic nitrogens is 2. The molecule has 0 radical (unpaired) electrons. The van der Waals surface area contributed by atoms with Gasteiger partial charge in [0.15, 0.2) is 11.6 Å². The Labute approximate surface area is 211 Å². The number of aliphatic hydroxyl groups excluding tert-OH is 1. The van der Waals surface area contributed by atoms with Gasteiger partial charge in [0.1, 0.15) is 5.75 Å². The van der Waals surface area contributed by atoms with E-state index in [1.165, 1.54) is 6.92 Å². The highest BCUT2D eigenvalue weighted by atomic mass is 35.5. The van der Waals surface area contributed by atoms with Gasteiger partial charge in [0.05, 0.1) is 16.8 Å². The molecule has 7 nitrogen and oxygen atoms in total. The minimum absolute atomic E-state index is 0.0222. The van der Waals surface area contributed by atoms with E-state index in [9.17, 15) is 14.7 Å². The van der Waals surface area contributed by atoms with Gasteiger partial charge in [-0.15, -0.1) is 0 Å². The monoisotopic (exact) mass is 497 g/mol. The van der Waals surface area contributed by atoms with Crippen molar-refractivity contribution in [3.63, 3.8) is 0 Å². The average Bonchev–Trinajstić information content (AvgIpc) is 3.25. The standard InChI is InChI=1S/C27H32ClN3O4/c1-5-31-16-24(30-26(31)18(4)33)20-8-6-19(7-9-20)14-22(12-13-32)29-27(34)21-10-11-25(23(28)15-21)35-17(2)3/h6-11,15-17,22,32H,5,12-14H2,1-4H3,(H,29,34). The molecule has 35 heavy (non-hydrogen) atoms. The third kappa shape index (κ3) is 6.93. The predicted molar refractivity (Wildman–Crippen MR) is 137 cm³/mol. The van der Waals surface area contributed by atoms with Crippen molar-refractivity contribution in [2.24, 2.45) is 0 Å². The van der Waals surface area contributed by atoms with E-state index in [1.807, 2.05) is 55.8 Å². The van der Waals surface area contributed by atoms with Gasteiger partial charge in [-0.2, -0.15) is 0 Å². The third-order valence-electron chi connectivity index (χ3n) is 5.53. The molecule has 0 bridgehead atoms. The van der Waals surface area contributed by atoms with Crippen LogP contribution in [0.25, 0.3) is 11.3 Å². The molecule has 1 amide bonds. The number of Topliss-reactive ketones (excluding diaryl/α,β-unsaturated/α-hetero) is 1. The highest BCUT2D eigenvalue weighted by Crippen LogP contribution is 2.26. The summed E-state index contributed by atoms with van der Waals surface area (Å²) < 4.78 is 7.47. The van der Waals surface area contributed by atoms with Gasteiger partial charge >= 0.3 is 0 Å². The van der Waals surface area contributed by atoms with Crippen LogP contribution in [0, 0.1) is 0 Å². The largest absolute Gasteiger partial charge is 0.489 e. The summed E-state index contributed by atoms with van der Waals surface area (Å²) in [5.74, 6) is 0.645. The Morgan fingerprint density at radius 2 is 1.89 bits per heavy atom. The number of aryl methyl sites for hydroxylation is 1. The number of carbonyl (C=O) groups excluding carboxylic acids is 2. The number of nitrogens with one attached hydrogen (secondary N) is 1. The Morgan fingerprint density at radius 1 is 1.17 bits per heavy atom. The first kappa shape index (κ1) is 26.4. The minimum atomic E-state index is -0.264. The maximum absolute atomic E-state index is 12.8. The van der Waals surface area contributed by atoms with Crippen LogP contribution in [-0.2, 0) is 13.0 Å². The van der Waals surface area contributed by atoms with E-state index in [0.29, 0.717) is 41.5 Å². The van der Waals surface area contributed by atoms with Gasteiger partial charge in [-0.25, -0.2) is 4.98 Å². The number of ether oxygens (including phenoxy) is 1. The molecule has 0 spiro atoms. The number of rotatable bonds is 11. The van der Waals surface area contributed by atoms with Crippen molar-refractivity contribution in [3.05, 3.63) is 70.6 Å². The van der Waals surface area contributed by atoms with E-state index in [-0.39, 0.29) is 30.4 Å². The first-order valence-electron chi connectivity index (χ1n) is 11.8. The normalized spacial score (nSPS) is 12.0. The van der Waals surface area contributed by atoms with Crippen LogP contribution in [-0.4, -0.2) is 45.1 Å². The van der Waals surface area contributed by atoms with E-state index in [4.69, 9.17) is 16.3 Å². The Kier molecular flexibility index (Phi) is 9.07. The summed E-state index contributed by atoms with van der Waals surface area (Å²) in [6, 6.07) is 12.5. The molecular weight excluding hydrogens is 466 g/mol. The number of amides is 1. The Morgan fingerprint density at radius 3 is 2.43 bits per heavy atom. The number of aliphatic hydroxyl groups is 1. The molecule has 0 aliphatic heterocycles. The van der Waals surface area contributed by atoms with Crippen LogP contribution in [0.2, 0.25) is 5.02 Å². The van der Waals surface area contributed by atoms with Crippen LogP contribution >= 0.6 is 11.6 Å². The highest BCUT2D eigenvalue weighted by Gasteiger charge is 2.17. The van der Waals surface area contributed by atoms with Crippen LogP contribution in [0.5, 0.6) is 5.75 Å². The van der Waals surface area contributed by atoms with Crippen LogP contribution in [0.4, 0.5) is 0 Å². The Balaban J connectivity index is 1.70. The zero-order chi connectivity index (χ0) is 25.5. The molecule has 186 valence electrons. The van der Waals surface area contributed by atoms with E-state index >= 15 is 0 Å². The highest BCUT2D eigenvalue weighted by molar-refractivity contribution is 6.32. The number of hydrogen-bond donors (Lipinski definition) is 2. The zero-order valence-corrected chi connectivity index (χ0v) is 21.3. The molecule has 3 rings (SSSR count). The fraction of sp³-hybridized carbons (Fsp3) is 0.370. The van der Waals surface area contributed by atoms with Crippen molar-refractivity contribution < 1.29 is 19.4 Å². The van der Waals surface area contributed by atoms with Crippen molar-refractivity contribution in [1.29, 1.82) is 0 Å². The van der Waals surface area contributed by atoms with E-state index < -0.39 is 0 Å². The Hall–Kier alpha value is -3.16. The summed E-state index contributed by atoms with van der Waals surface area (Å²) in [7, 11) is 0. The predicted octanol–water partition coefficient (Wildman–Crippen LogP) is 4.94. The maximum atomic E-state index is 12.8. The first-order valence-corrected chi connectivity index (χ1v) is 12.1. The number of ketones is 1. The van der Waals surface area contributed by atoms with Gasteiger partial charge in [-0.05, 0) is 57.4 Å². The smallest absolute Gasteiger partial charge is 0.251 e. The molecule has 2 N–H and O–H groups in total. The lowest BCUT2D eigenvalue weighted by atomic mass is 10.0. The molecule has 0 aliphatic carbocycles. The molecule has 0 fully saturated rings. The lowest BCUT2D eigenvalue weighted by Crippen LogP contribution is -2.37. The molecule has 1 aromatic heterocycles. The van der Waals surface area contributed by atoms with Gasteiger partial charge < -0.3 is 19.7 Å². The summed E-state index contributed by atoms with van der Waals surface area (Å²) in [5.41, 5.74) is 3.08. The average molecular weight is 498 g/mol. The van der Waals surface area contributed by atoms with Crippen LogP contribution in [0.1, 0.15) is 60.7 Å². The SMILES string of the molecule is CCn1cc(-c2ccc(CC(CCO)NC(=O)c3ccc(OC(C)C)c(Cl)c3)cc2)nc1C(C)=O. The molecule has 1 atom stereocenters. The number of carbonyl (C=O) groups is 2. The summed E-state index contributed by atoms with van der Waals surface area (Å²) in [5, 5.41) is 12.9. The lowest BCUT2D eigenvalue weighted by Gasteiger charge is -2.19. The molecule has 2 aromatic carbocycles. The van der Waals surface area contributed by atoms with Crippen LogP contribution < -0.4 is 10.1 Å². The molecule has 3 aromatic rings. The summed E-state index contributed by atoms with van der Waals surface area (Å²) >= 11 is 6.28. The van der Waals surface area contributed by atoms with Crippen molar-refractivity contribution in [2.45, 2.75) is 59.2 Å². The van der Waals surface area contributed by atoms with Crippen molar-refractivity contribution >= 4 is 23.3 Å². The molecule has 1 unspecified atom stereocenters. The molecule has 8 heteroatoms. The fourth-order valence-corrected chi connectivity index (χ4v) is 4.04. The number of halogens is 1. The third-order valence-corrected chi connectivity index (χ3v) is 5.83. The summed E-state index contributed by atoms with van der Waals surface area (Å²) in [6.45, 7) is 7.92. The Bertz CT molecular complexity index is 1170. The maximum Gasteiger partial charge on any atom is 0.251 e. The van der Waals surface area contributed by atoms with Gasteiger partial charge in [0, 0.05) is 43.4 Å². The molecule has 0 aliphatic rings. The van der Waals surface area contributed by atoms with Gasteiger partial charge in [0.2, 0.25) is 0 Å². The lowest BCUT2D eigenvalue weighted by molar-refractivity contribution is 0.0929. The second-order valence-electron chi connectivity index (χ2n) is 8.69. The van der Waals surface area contributed by atoms with E-state index in [1.54, 1.807) is 18.2 Å². The second-order valence-corrected chi connectivity index (χ2v) is 9.09. The zero-order valence-electron chi connectivity index (χ0n) is 20.5. The molecule has 0 saturated heterocycles. The second kappa shape index (κ2) is 12.0. The molecular formula is C27H32ClN3O4. The van der Waals surface area contributed by atoms with E-state index in [2.05, 4.69) is 10.3 Å². The fourth-order valence-electron chi connectivity index (χ4n) is 3.81. The van der Waals surface area contributed by atoms with Gasteiger partial charge in [0.25, 0.3) is 5.91 Å². The topological polar surface area (TPSA) is 93.4 Å². The van der Waals surface area contributed by atoms with Gasteiger partial charge in [-0.3, -0.25) is 9.59 Å². The van der Waals surface area contributed by atoms with Crippen molar-refractivity contribution in [2.75, 3.05) is 6.61 Å². The van der Waals surface area contributed by atoms with E-state index in [0.717, 1.165) is 16.8 Å². The number of hydrogen-bond acceptors (Lipinski definition) is 5. The van der Waals surface area contributed by atoms with Gasteiger partial charge in [-0.1, -0.05) is 35.9 Å². The number of imidazole rings is 1. The minimum Gasteiger partial charge on any atom is -0.489 e. The molecule has 1 heterocycles. The quantitative estimate of drug-likeness (QED) is 0.366. The van der Waals surface area contributed by atoms with Crippen molar-refractivity contribution in [3.8, 4) is 17.0 Å². The van der Waals surface area contributed by atoms with Crippen LogP contribution in [0.3, 0.4) is 0 Å². The van der Waals surface area contributed by atoms with Crippen molar-refractivity contribution in [1.82, 2.24) is 14.9 Å². The van der Waals surface area contributed by atoms with Crippen LogP contribution in [0.15, 0.2) is 48.7 Å². The molecule has 0 saturated carbocycles. The number of benzene rings is 2. The summed E-state index contributed by atoms with van der Waals surface area (Å²) in [4.78, 5) is 29.1. The summed E-state index contributed by atoms with van der Waals surface area (Å²) in [6.07, 6.45) is 2.82.